The number of rotatable bonds is 5. The zero-order valence-electron chi connectivity index (χ0n) is 23.2. The molecule has 1 N–H and O–H groups in total. The van der Waals surface area contributed by atoms with E-state index in [1.165, 1.54) is 55.5 Å². The third-order valence-corrected chi connectivity index (χ3v) is 8.48. The smallest absolute Gasteiger partial charge is 0.210 e. The summed E-state index contributed by atoms with van der Waals surface area (Å²) in [7, 11) is 0. The lowest BCUT2D eigenvalue weighted by Crippen LogP contribution is -2.28. The number of hydrogen-bond acceptors (Lipinski definition) is 1. The molecule has 2 aliphatic heterocycles. The molecule has 0 aliphatic carbocycles. The van der Waals surface area contributed by atoms with E-state index < -0.39 is 0 Å². The van der Waals surface area contributed by atoms with Gasteiger partial charge in [0.05, 0.1) is 11.1 Å². The van der Waals surface area contributed by atoms with Crippen molar-refractivity contribution >= 4 is 38.6 Å². The van der Waals surface area contributed by atoms with E-state index in [0.29, 0.717) is 0 Å². The number of fused-ring (bicyclic) bond motifs is 6. The van der Waals surface area contributed by atoms with Crippen LogP contribution in [0.1, 0.15) is 52.2 Å². The van der Waals surface area contributed by atoms with E-state index in [1.807, 2.05) is 0 Å². The standard InChI is InChI=1S/C36H36N2/c1-6-24-38-30-23-21-25-14-10-12-16-27(25)33(30)36(4,5)32(38)19-9-7-8-18-31-35(2,3)29-22-20-26-15-11-13-17-28(26)34(29)37-31/h7-23H,6,24H2,1-5H3/p+1. The molecule has 0 amide bonds. The van der Waals surface area contributed by atoms with Gasteiger partial charge in [-0.2, -0.15) is 4.58 Å². The Morgan fingerprint density at radius 1 is 0.737 bits per heavy atom. The molecule has 2 heterocycles. The van der Waals surface area contributed by atoms with Crippen LogP contribution in [0.4, 0.5) is 11.4 Å². The minimum absolute atomic E-state index is 0.0593. The van der Waals surface area contributed by atoms with Crippen LogP contribution in [-0.2, 0) is 10.8 Å². The molecule has 0 saturated carbocycles. The Balaban J connectivity index is 1.30. The molecule has 38 heavy (non-hydrogen) atoms. The molecule has 190 valence electrons. The summed E-state index contributed by atoms with van der Waals surface area (Å²) >= 11 is 0. The van der Waals surface area contributed by atoms with Gasteiger partial charge in [0.25, 0.3) is 0 Å². The van der Waals surface area contributed by atoms with Gasteiger partial charge in [0, 0.05) is 40.6 Å². The minimum Gasteiger partial charge on any atom is -0.357 e. The van der Waals surface area contributed by atoms with Gasteiger partial charge in [-0.3, -0.25) is 0 Å². The molecule has 4 aromatic carbocycles. The SMILES string of the molecule is CCC[N+]1=C(/C=C/C=C/C=C2/Nc3c(ccc4ccccc34)C2(C)C)C(C)(C)c2c1ccc1ccccc21. The van der Waals surface area contributed by atoms with Crippen molar-refractivity contribution < 1.29 is 4.58 Å². The first-order valence-electron chi connectivity index (χ1n) is 13.9. The average Bonchev–Trinajstić information content (AvgIpc) is 3.30. The highest BCUT2D eigenvalue weighted by Gasteiger charge is 2.45. The first-order valence-corrected chi connectivity index (χ1v) is 13.9. The van der Waals surface area contributed by atoms with Gasteiger partial charge >= 0.3 is 0 Å². The highest BCUT2D eigenvalue weighted by molar-refractivity contribution is 6.07. The van der Waals surface area contributed by atoms with Crippen molar-refractivity contribution in [3.05, 3.63) is 120 Å². The van der Waals surface area contributed by atoms with Crippen LogP contribution in [0.2, 0.25) is 0 Å². The highest BCUT2D eigenvalue weighted by Crippen LogP contribution is 2.47. The van der Waals surface area contributed by atoms with Crippen LogP contribution in [0.5, 0.6) is 0 Å². The van der Waals surface area contributed by atoms with Crippen LogP contribution >= 0.6 is 0 Å². The number of nitrogens with zero attached hydrogens (tertiary/aromatic N) is 1. The Morgan fingerprint density at radius 3 is 2.18 bits per heavy atom. The summed E-state index contributed by atoms with van der Waals surface area (Å²) in [4.78, 5) is 0. The van der Waals surface area contributed by atoms with E-state index in [9.17, 15) is 0 Å². The van der Waals surface area contributed by atoms with E-state index in [0.717, 1.165) is 13.0 Å². The summed E-state index contributed by atoms with van der Waals surface area (Å²) in [5, 5.41) is 8.97. The summed E-state index contributed by atoms with van der Waals surface area (Å²) < 4.78 is 2.52. The quantitative estimate of drug-likeness (QED) is 0.214. The van der Waals surface area contributed by atoms with Crippen molar-refractivity contribution in [2.75, 3.05) is 11.9 Å². The van der Waals surface area contributed by atoms with E-state index in [2.05, 4.69) is 148 Å². The predicted molar refractivity (Wildman–Crippen MR) is 164 cm³/mol. The third kappa shape index (κ3) is 3.74. The molecule has 2 nitrogen and oxygen atoms in total. The predicted octanol–water partition coefficient (Wildman–Crippen LogP) is 9.18. The van der Waals surface area contributed by atoms with Crippen molar-refractivity contribution in [3.8, 4) is 0 Å². The van der Waals surface area contributed by atoms with Crippen LogP contribution in [-0.4, -0.2) is 16.8 Å². The molecule has 4 aromatic rings. The first kappa shape index (κ1) is 24.4. The maximum absolute atomic E-state index is 3.74. The monoisotopic (exact) mass is 497 g/mol. The molecule has 0 fully saturated rings. The summed E-state index contributed by atoms with van der Waals surface area (Å²) in [5.74, 6) is 0. The molecule has 6 rings (SSSR count). The molecule has 0 atom stereocenters. The second-order valence-corrected chi connectivity index (χ2v) is 11.6. The third-order valence-electron chi connectivity index (χ3n) is 8.48. The average molecular weight is 498 g/mol. The van der Waals surface area contributed by atoms with E-state index >= 15 is 0 Å². The van der Waals surface area contributed by atoms with E-state index in [-0.39, 0.29) is 10.8 Å². The number of benzene rings is 4. The normalized spacial score (nSPS) is 18.7. The Labute approximate surface area is 226 Å². The number of anilines is 1. The Bertz CT molecular complexity index is 1690. The summed E-state index contributed by atoms with van der Waals surface area (Å²) in [6.07, 6.45) is 12.2. The van der Waals surface area contributed by atoms with Gasteiger partial charge in [-0.05, 0) is 47.7 Å². The molecule has 0 spiro atoms. The van der Waals surface area contributed by atoms with Crippen LogP contribution in [0, 0.1) is 0 Å². The number of hydrogen-bond donors (Lipinski definition) is 1. The zero-order valence-corrected chi connectivity index (χ0v) is 23.2. The van der Waals surface area contributed by atoms with Gasteiger partial charge in [0.1, 0.15) is 6.54 Å². The molecule has 0 radical (unpaired) electrons. The second-order valence-electron chi connectivity index (χ2n) is 11.6. The van der Waals surface area contributed by atoms with E-state index in [1.54, 1.807) is 0 Å². The Hall–Kier alpha value is -3.91. The van der Waals surface area contributed by atoms with Crippen LogP contribution < -0.4 is 5.32 Å². The topological polar surface area (TPSA) is 15.0 Å². The van der Waals surface area contributed by atoms with Crippen LogP contribution in [0.3, 0.4) is 0 Å². The lowest BCUT2D eigenvalue weighted by atomic mass is 9.79. The summed E-state index contributed by atoms with van der Waals surface area (Å²) in [5.41, 5.74) is 7.86. The van der Waals surface area contributed by atoms with Crippen LogP contribution in [0.25, 0.3) is 21.5 Å². The van der Waals surface area contributed by atoms with Gasteiger partial charge in [-0.15, -0.1) is 0 Å². The van der Waals surface area contributed by atoms with Crippen molar-refractivity contribution in [3.63, 3.8) is 0 Å². The largest absolute Gasteiger partial charge is 0.357 e. The molecular weight excluding hydrogens is 460 g/mol. The maximum Gasteiger partial charge on any atom is 0.210 e. The van der Waals surface area contributed by atoms with Gasteiger partial charge < -0.3 is 5.32 Å². The van der Waals surface area contributed by atoms with Crippen molar-refractivity contribution in [2.45, 2.75) is 51.9 Å². The fraction of sp³-hybridized carbons (Fsp3) is 0.250. The fourth-order valence-electron chi connectivity index (χ4n) is 6.48. The molecule has 2 heteroatoms. The molecular formula is C36H37N2+. The first-order chi connectivity index (χ1) is 18.3. The molecule has 0 saturated heterocycles. The zero-order chi connectivity index (χ0) is 26.5. The molecule has 0 unspecified atom stereocenters. The minimum atomic E-state index is -0.0636. The van der Waals surface area contributed by atoms with Gasteiger partial charge in [-0.1, -0.05) is 99.7 Å². The summed E-state index contributed by atoms with van der Waals surface area (Å²) in [6, 6.07) is 26.5. The molecule has 0 bridgehead atoms. The van der Waals surface area contributed by atoms with Gasteiger partial charge in [0.15, 0.2) is 5.71 Å². The van der Waals surface area contributed by atoms with Crippen molar-refractivity contribution in [2.24, 2.45) is 0 Å². The van der Waals surface area contributed by atoms with Gasteiger partial charge in [-0.25, -0.2) is 0 Å². The van der Waals surface area contributed by atoms with Crippen molar-refractivity contribution in [1.29, 1.82) is 0 Å². The van der Waals surface area contributed by atoms with Crippen molar-refractivity contribution in [1.82, 2.24) is 0 Å². The Morgan fingerprint density at radius 2 is 1.42 bits per heavy atom. The van der Waals surface area contributed by atoms with Crippen LogP contribution in [0.15, 0.2) is 109 Å². The lowest BCUT2D eigenvalue weighted by Gasteiger charge is -2.20. The van der Waals surface area contributed by atoms with Gasteiger partial charge in [0.2, 0.25) is 5.69 Å². The molecule has 0 aromatic heterocycles. The number of nitrogens with one attached hydrogen (secondary N) is 1. The Kier molecular flexibility index (Phi) is 5.87. The second kappa shape index (κ2) is 9.13. The number of allylic oxidation sites excluding steroid dienone is 6. The maximum atomic E-state index is 3.74. The fourth-order valence-corrected chi connectivity index (χ4v) is 6.48. The summed E-state index contributed by atoms with van der Waals surface area (Å²) in [6.45, 7) is 12.6. The van der Waals surface area contributed by atoms with E-state index in [4.69, 9.17) is 0 Å². The highest BCUT2D eigenvalue weighted by atomic mass is 15.1. The molecule has 2 aliphatic rings. The lowest BCUT2D eigenvalue weighted by molar-refractivity contribution is -0.437.